The molecule has 0 fully saturated rings. The minimum Gasteiger partial charge on any atom is -0.456 e. The van der Waals surface area contributed by atoms with E-state index in [0.29, 0.717) is 5.82 Å². The Kier molecular flexibility index (Phi) is 6.27. The predicted molar refractivity (Wildman–Crippen MR) is 226 cm³/mol. The summed E-state index contributed by atoms with van der Waals surface area (Å²) in [5.74, 6) is 0.705. The van der Waals surface area contributed by atoms with E-state index in [9.17, 15) is 0 Å². The molecule has 12 rings (SSSR count). The molecule has 4 aromatic heterocycles. The Morgan fingerprint density at radius 3 is 1.84 bits per heavy atom. The van der Waals surface area contributed by atoms with E-state index >= 15 is 0 Å². The zero-order valence-corrected chi connectivity index (χ0v) is 29.5. The SMILES string of the molecule is c1ccc(-c2nc(-c3ccc(-n4c5ccccc5c5ccc6c(c7ccc8oc9ccccc9c8c7n6-c6ccccc6)c54)cc3)nc3ccccc23)cc1. The van der Waals surface area contributed by atoms with Crippen LogP contribution in [0.1, 0.15) is 0 Å². The summed E-state index contributed by atoms with van der Waals surface area (Å²) in [4.78, 5) is 10.2. The van der Waals surface area contributed by atoms with Crippen LogP contribution in [-0.4, -0.2) is 19.1 Å². The van der Waals surface area contributed by atoms with E-state index in [4.69, 9.17) is 14.4 Å². The molecule has 0 aliphatic carbocycles. The van der Waals surface area contributed by atoms with E-state index in [2.05, 4.69) is 167 Å². The second kappa shape index (κ2) is 11.5. The predicted octanol–water partition coefficient (Wildman–Crippen LogP) is 13.1. The first-order chi connectivity index (χ1) is 27.3. The first-order valence-corrected chi connectivity index (χ1v) is 18.6. The molecule has 0 aliphatic rings. The molecule has 0 aliphatic heterocycles. The Hall–Kier alpha value is -7.50. The van der Waals surface area contributed by atoms with Crippen LogP contribution in [0.2, 0.25) is 0 Å². The van der Waals surface area contributed by atoms with Gasteiger partial charge in [-0.3, -0.25) is 0 Å². The maximum absolute atomic E-state index is 6.45. The highest BCUT2D eigenvalue weighted by molar-refractivity contribution is 6.31. The number of fused-ring (bicyclic) bond motifs is 12. The maximum atomic E-state index is 6.45. The summed E-state index contributed by atoms with van der Waals surface area (Å²) >= 11 is 0. The lowest BCUT2D eigenvalue weighted by Crippen LogP contribution is -1.97. The molecule has 5 heteroatoms. The molecule has 0 saturated carbocycles. The van der Waals surface area contributed by atoms with Crippen molar-refractivity contribution in [3.63, 3.8) is 0 Å². The number of rotatable bonds is 4. The van der Waals surface area contributed by atoms with Crippen LogP contribution in [0.15, 0.2) is 186 Å². The van der Waals surface area contributed by atoms with Crippen LogP contribution < -0.4 is 0 Å². The van der Waals surface area contributed by atoms with Crippen molar-refractivity contribution < 1.29 is 4.42 Å². The molecule has 0 N–H and O–H groups in total. The van der Waals surface area contributed by atoms with Crippen LogP contribution in [-0.2, 0) is 0 Å². The molecule has 8 aromatic carbocycles. The maximum Gasteiger partial charge on any atom is 0.160 e. The van der Waals surface area contributed by atoms with Gasteiger partial charge in [-0.05, 0) is 72.8 Å². The van der Waals surface area contributed by atoms with Gasteiger partial charge in [0.05, 0.1) is 38.7 Å². The van der Waals surface area contributed by atoms with Gasteiger partial charge in [-0.15, -0.1) is 0 Å². The molecule has 12 aromatic rings. The molecule has 4 heterocycles. The van der Waals surface area contributed by atoms with Crippen LogP contribution in [0.5, 0.6) is 0 Å². The van der Waals surface area contributed by atoms with Gasteiger partial charge < -0.3 is 13.6 Å². The minimum atomic E-state index is 0.705. The third kappa shape index (κ3) is 4.35. The van der Waals surface area contributed by atoms with Crippen molar-refractivity contribution in [2.75, 3.05) is 0 Å². The van der Waals surface area contributed by atoms with Gasteiger partial charge in [0, 0.05) is 54.8 Å². The van der Waals surface area contributed by atoms with Gasteiger partial charge in [0.1, 0.15) is 11.2 Å². The Morgan fingerprint density at radius 1 is 0.364 bits per heavy atom. The van der Waals surface area contributed by atoms with E-state index in [1.807, 2.05) is 24.3 Å². The van der Waals surface area contributed by atoms with E-state index in [1.54, 1.807) is 0 Å². The molecule has 5 nitrogen and oxygen atoms in total. The fourth-order valence-corrected chi connectivity index (χ4v) is 8.75. The number of para-hydroxylation sites is 4. The summed E-state index contributed by atoms with van der Waals surface area (Å²) in [7, 11) is 0. The van der Waals surface area contributed by atoms with Crippen molar-refractivity contribution >= 4 is 76.5 Å². The summed E-state index contributed by atoms with van der Waals surface area (Å²) in [6.07, 6.45) is 0. The second-order valence-corrected chi connectivity index (χ2v) is 14.1. The topological polar surface area (TPSA) is 48.8 Å². The third-order valence-corrected chi connectivity index (χ3v) is 11.1. The van der Waals surface area contributed by atoms with Gasteiger partial charge in [-0.1, -0.05) is 109 Å². The fraction of sp³-hybridized carbons (Fsp3) is 0. The molecule has 0 radical (unpaired) electrons. The van der Waals surface area contributed by atoms with Crippen LogP contribution >= 0.6 is 0 Å². The fourth-order valence-electron chi connectivity index (χ4n) is 8.75. The lowest BCUT2D eigenvalue weighted by atomic mass is 10.1. The lowest BCUT2D eigenvalue weighted by molar-refractivity contribution is 0.669. The van der Waals surface area contributed by atoms with E-state index < -0.39 is 0 Å². The van der Waals surface area contributed by atoms with Gasteiger partial charge in [0.15, 0.2) is 5.82 Å². The highest BCUT2D eigenvalue weighted by Crippen LogP contribution is 2.45. The summed E-state index contributed by atoms with van der Waals surface area (Å²) < 4.78 is 11.3. The Labute approximate surface area is 315 Å². The first kappa shape index (κ1) is 30.0. The Bertz CT molecular complexity index is 3470. The van der Waals surface area contributed by atoms with Crippen molar-refractivity contribution in [1.82, 2.24) is 19.1 Å². The highest BCUT2D eigenvalue weighted by atomic mass is 16.3. The number of nitrogens with zero attached hydrogens (tertiary/aromatic N) is 4. The second-order valence-electron chi connectivity index (χ2n) is 14.1. The largest absolute Gasteiger partial charge is 0.456 e. The van der Waals surface area contributed by atoms with Gasteiger partial charge in [0.2, 0.25) is 0 Å². The number of aromatic nitrogens is 4. The molecule has 55 heavy (non-hydrogen) atoms. The minimum absolute atomic E-state index is 0.705. The molecule has 0 spiro atoms. The van der Waals surface area contributed by atoms with Crippen LogP contribution in [0.25, 0.3) is 110 Å². The monoisotopic (exact) mass is 702 g/mol. The van der Waals surface area contributed by atoms with Crippen molar-refractivity contribution in [3.8, 4) is 34.0 Å². The van der Waals surface area contributed by atoms with Crippen LogP contribution in [0.4, 0.5) is 0 Å². The van der Waals surface area contributed by atoms with Gasteiger partial charge in [-0.25, -0.2) is 9.97 Å². The summed E-state index contributed by atoms with van der Waals surface area (Å²) in [5, 5.41) is 8.08. The summed E-state index contributed by atoms with van der Waals surface area (Å²) in [5.41, 5.74) is 12.5. The summed E-state index contributed by atoms with van der Waals surface area (Å²) in [6, 6.07) is 64.1. The van der Waals surface area contributed by atoms with Crippen molar-refractivity contribution in [2.45, 2.75) is 0 Å². The van der Waals surface area contributed by atoms with Crippen molar-refractivity contribution in [1.29, 1.82) is 0 Å². The highest BCUT2D eigenvalue weighted by Gasteiger charge is 2.24. The van der Waals surface area contributed by atoms with Crippen molar-refractivity contribution in [3.05, 3.63) is 182 Å². The average Bonchev–Trinajstić information content (AvgIpc) is 3.91. The van der Waals surface area contributed by atoms with Gasteiger partial charge in [0.25, 0.3) is 0 Å². The zero-order valence-electron chi connectivity index (χ0n) is 29.5. The molecular weight excluding hydrogens is 673 g/mol. The zero-order chi connectivity index (χ0) is 36.0. The third-order valence-electron chi connectivity index (χ3n) is 11.1. The first-order valence-electron chi connectivity index (χ1n) is 18.6. The number of furan rings is 1. The molecule has 256 valence electrons. The molecule has 0 amide bonds. The molecule has 0 saturated heterocycles. The van der Waals surface area contributed by atoms with Crippen molar-refractivity contribution in [2.24, 2.45) is 0 Å². The summed E-state index contributed by atoms with van der Waals surface area (Å²) in [6.45, 7) is 0. The van der Waals surface area contributed by atoms with E-state index in [1.165, 1.54) is 27.1 Å². The van der Waals surface area contributed by atoms with E-state index in [-0.39, 0.29) is 0 Å². The Morgan fingerprint density at radius 2 is 1.00 bits per heavy atom. The number of hydrogen-bond acceptors (Lipinski definition) is 3. The van der Waals surface area contributed by atoms with Gasteiger partial charge in [-0.2, -0.15) is 0 Å². The van der Waals surface area contributed by atoms with Crippen LogP contribution in [0, 0.1) is 0 Å². The lowest BCUT2D eigenvalue weighted by Gasteiger charge is -2.12. The number of hydrogen-bond donors (Lipinski definition) is 0. The normalized spacial score (nSPS) is 12.0. The molecule has 0 atom stereocenters. The smallest absolute Gasteiger partial charge is 0.160 e. The average molecular weight is 703 g/mol. The molecule has 0 bridgehead atoms. The Balaban J connectivity index is 1.14. The van der Waals surface area contributed by atoms with E-state index in [0.717, 1.165) is 77.6 Å². The van der Waals surface area contributed by atoms with Gasteiger partial charge >= 0.3 is 0 Å². The molecule has 0 unspecified atom stereocenters. The quantitative estimate of drug-likeness (QED) is 0.183. The standard InChI is InChI=1S/C50H30N4O/c1-3-13-31(14-4-1)47-37-18-7-10-20-40(37)51-50(52-47)32-23-25-34(26-24-32)53-41-21-11-8-17-35(41)36-27-29-42-45(48(36)53)39-28-30-44-46(38-19-9-12-22-43(38)55-44)49(39)54(42)33-15-5-2-6-16-33/h1-30H. The van der Waals surface area contributed by atoms with Crippen LogP contribution in [0.3, 0.4) is 0 Å². The number of benzene rings is 8. The molecular formula is C50H30N4O.